The molecule has 1 atom stereocenters. The van der Waals surface area contributed by atoms with E-state index < -0.39 is 17.4 Å². The first-order valence-electron chi connectivity index (χ1n) is 3.93. The Labute approximate surface area is 75.0 Å². The number of phenols is 1. The molecule has 0 spiro atoms. The minimum Gasteiger partial charge on any atom is -0.505 e. The highest BCUT2D eigenvalue weighted by atomic mass is 19.1. The summed E-state index contributed by atoms with van der Waals surface area (Å²) in [5.74, 6) is -2.14. The quantitative estimate of drug-likeness (QED) is 0.738. The minimum absolute atomic E-state index is 0.0755. The largest absolute Gasteiger partial charge is 0.505 e. The normalized spacial score (nSPS) is 12.9. The van der Waals surface area contributed by atoms with Crippen molar-refractivity contribution < 1.29 is 13.9 Å². The molecule has 0 radical (unpaired) electrons. The standard InChI is InChI=1S/C9H11F2NO/c1-5(12)4-6-7(10)2-3-8(13)9(6)11/h2-3,5,13H,4,12H2,1H3. The van der Waals surface area contributed by atoms with E-state index in [0.717, 1.165) is 12.1 Å². The molecule has 1 aromatic carbocycles. The Hall–Kier alpha value is -1.16. The fraction of sp³-hybridized carbons (Fsp3) is 0.333. The van der Waals surface area contributed by atoms with Crippen LogP contribution >= 0.6 is 0 Å². The molecule has 2 nitrogen and oxygen atoms in total. The van der Waals surface area contributed by atoms with Crippen molar-refractivity contribution in [1.29, 1.82) is 0 Å². The zero-order chi connectivity index (χ0) is 10.0. The topological polar surface area (TPSA) is 46.2 Å². The van der Waals surface area contributed by atoms with Crippen molar-refractivity contribution in [2.24, 2.45) is 5.73 Å². The van der Waals surface area contributed by atoms with Crippen LogP contribution in [0.2, 0.25) is 0 Å². The van der Waals surface area contributed by atoms with E-state index in [1.54, 1.807) is 6.92 Å². The summed E-state index contributed by atoms with van der Waals surface area (Å²) in [5, 5.41) is 8.95. The number of benzene rings is 1. The van der Waals surface area contributed by atoms with Gasteiger partial charge in [0.1, 0.15) is 5.82 Å². The first-order chi connectivity index (χ1) is 6.02. The molecule has 13 heavy (non-hydrogen) atoms. The van der Waals surface area contributed by atoms with Gasteiger partial charge in [0.25, 0.3) is 0 Å². The van der Waals surface area contributed by atoms with Crippen LogP contribution in [0.25, 0.3) is 0 Å². The number of aromatic hydroxyl groups is 1. The Morgan fingerprint density at radius 3 is 2.62 bits per heavy atom. The van der Waals surface area contributed by atoms with Crippen molar-refractivity contribution in [3.63, 3.8) is 0 Å². The molecule has 0 aliphatic heterocycles. The van der Waals surface area contributed by atoms with Crippen molar-refractivity contribution in [1.82, 2.24) is 0 Å². The van der Waals surface area contributed by atoms with Crippen molar-refractivity contribution in [3.05, 3.63) is 29.3 Å². The Kier molecular flexibility index (Phi) is 2.83. The summed E-state index contributed by atoms with van der Waals surface area (Å²) in [5.41, 5.74) is 5.24. The van der Waals surface area contributed by atoms with E-state index in [1.165, 1.54) is 0 Å². The van der Waals surface area contributed by atoms with Crippen LogP contribution in [0, 0.1) is 11.6 Å². The van der Waals surface area contributed by atoms with Gasteiger partial charge in [0.15, 0.2) is 11.6 Å². The van der Waals surface area contributed by atoms with Crippen molar-refractivity contribution >= 4 is 0 Å². The second-order valence-corrected chi connectivity index (χ2v) is 3.04. The zero-order valence-corrected chi connectivity index (χ0v) is 7.22. The van der Waals surface area contributed by atoms with Crippen molar-refractivity contribution in [2.45, 2.75) is 19.4 Å². The second-order valence-electron chi connectivity index (χ2n) is 3.04. The van der Waals surface area contributed by atoms with Gasteiger partial charge in [-0.05, 0) is 25.5 Å². The molecule has 0 saturated heterocycles. The minimum atomic E-state index is -0.919. The first-order valence-corrected chi connectivity index (χ1v) is 3.93. The highest BCUT2D eigenvalue weighted by molar-refractivity contribution is 5.31. The van der Waals surface area contributed by atoms with Crippen LogP contribution in [-0.2, 0) is 6.42 Å². The molecule has 0 aliphatic carbocycles. The van der Waals surface area contributed by atoms with Crippen LogP contribution in [-0.4, -0.2) is 11.1 Å². The zero-order valence-electron chi connectivity index (χ0n) is 7.22. The first kappa shape index (κ1) is 9.92. The van der Waals surface area contributed by atoms with Gasteiger partial charge >= 0.3 is 0 Å². The molecular weight excluding hydrogens is 176 g/mol. The van der Waals surface area contributed by atoms with E-state index in [2.05, 4.69) is 0 Å². The van der Waals surface area contributed by atoms with E-state index in [4.69, 9.17) is 10.8 Å². The summed E-state index contributed by atoms with van der Waals surface area (Å²) in [4.78, 5) is 0. The van der Waals surface area contributed by atoms with Crippen LogP contribution < -0.4 is 5.73 Å². The molecule has 0 saturated carbocycles. The van der Waals surface area contributed by atoms with Gasteiger partial charge in [-0.3, -0.25) is 0 Å². The second kappa shape index (κ2) is 3.70. The van der Waals surface area contributed by atoms with Gasteiger partial charge in [0.05, 0.1) is 0 Å². The summed E-state index contributed by atoms with van der Waals surface area (Å²) >= 11 is 0. The number of rotatable bonds is 2. The Bertz CT molecular complexity index is 313. The highest BCUT2D eigenvalue weighted by Gasteiger charge is 2.13. The predicted molar refractivity (Wildman–Crippen MR) is 45.4 cm³/mol. The van der Waals surface area contributed by atoms with Gasteiger partial charge in [-0.1, -0.05) is 0 Å². The molecule has 72 valence electrons. The van der Waals surface area contributed by atoms with E-state index in [1.807, 2.05) is 0 Å². The fourth-order valence-corrected chi connectivity index (χ4v) is 1.09. The number of hydrogen-bond acceptors (Lipinski definition) is 2. The summed E-state index contributed by atoms with van der Waals surface area (Å²) in [7, 11) is 0. The van der Waals surface area contributed by atoms with Crippen LogP contribution in [0.4, 0.5) is 8.78 Å². The lowest BCUT2D eigenvalue weighted by Crippen LogP contribution is -2.19. The van der Waals surface area contributed by atoms with Gasteiger partial charge in [-0.25, -0.2) is 8.78 Å². The number of phenolic OH excluding ortho intramolecular Hbond substituents is 1. The lowest BCUT2D eigenvalue weighted by atomic mass is 10.1. The van der Waals surface area contributed by atoms with Gasteiger partial charge in [0, 0.05) is 11.6 Å². The molecule has 0 aliphatic rings. The Morgan fingerprint density at radius 2 is 2.08 bits per heavy atom. The molecular formula is C9H11F2NO. The molecule has 3 N–H and O–H groups in total. The SMILES string of the molecule is CC(N)Cc1c(F)ccc(O)c1F. The van der Waals surface area contributed by atoms with Gasteiger partial charge in [-0.15, -0.1) is 0 Å². The van der Waals surface area contributed by atoms with Crippen LogP contribution in [0.3, 0.4) is 0 Å². The number of nitrogens with two attached hydrogens (primary N) is 1. The van der Waals surface area contributed by atoms with E-state index in [9.17, 15) is 8.78 Å². The lowest BCUT2D eigenvalue weighted by Gasteiger charge is -2.08. The molecule has 1 rings (SSSR count). The molecule has 1 aromatic rings. The summed E-state index contributed by atoms with van der Waals surface area (Å²) in [6.07, 6.45) is 0.0755. The van der Waals surface area contributed by atoms with Gasteiger partial charge in [-0.2, -0.15) is 0 Å². The maximum Gasteiger partial charge on any atom is 0.170 e. The average Bonchev–Trinajstić information content (AvgIpc) is 2.05. The number of hydrogen-bond donors (Lipinski definition) is 2. The molecule has 0 aromatic heterocycles. The smallest absolute Gasteiger partial charge is 0.170 e. The van der Waals surface area contributed by atoms with E-state index >= 15 is 0 Å². The third-order valence-corrected chi connectivity index (χ3v) is 1.69. The van der Waals surface area contributed by atoms with Crippen molar-refractivity contribution in [2.75, 3.05) is 0 Å². The van der Waals surface area contributed by atoms with Gasteiger partial charge < -0.3 is 10.8 Å². The maximum atomic E-state index is 13.1. The van der Waals surface area contributed by atoms with Gasteiger partial charge in [0.2, 0.25) is 0 Å². The summed E-state index contributed by atoms with van der Waals surface area (Å²) in [6.45, 7) is 1.64. The Balaban J connectivity index is 3.10. The fourth-order valence-electron chi connectivity index (χ4n) is 1.09. The number of halogens is 2. The lowest BCUT2D eigenvalue weighted by molar-refractivity contribution is 0.420. The average molecular weight is 187 g/mol. The van der Waals surface area contributed by atoms with Crippen LogP contribution in [0.15, 0.2) is 12.1 Å². The molecule has 0 amide bonds. The summed E-state index contributed by atoms with van der Waals surface area (Å²) in [6, 6.07) is 1.66. The monoisotopic (exact) mass is 187 g/mol. The maximum absolute atomic E-state index is 13.1. The highest BCUT2D eigenvalue weighted by Crippen LogP contribution is 2.22. The molecule has 4 heteroatoms. The third kappa shape index (κ3) is 2.15. The van der Waals surface area contributed by atoms with Crippen molar-refractivity contribution in [3.8, 4) is 5.75 Å². The molecule has 0 fully saturated rings. The third-order valence-electron chi connectivity index (χ3n) is 1.69. The summed E-state index contributed by atoms with van der Waals surface area (Å²) < 4.78 is 26.1. The predicted octanol–water partition coefficient (Wildman–Crippen LogP) is 1.56. The Morgan fingerprint density at radius 1 is 1.46 bits per heavy atom. The molecule has 0 heterocycles. The van der Waals surface area contributed by atoms with E-state index in [-0.39, 0.29) is 18.0 Å². The molecule has 0 bridgehead atoms. The van der Waals surface area contributed by atoms with Crippen LogP contribution in [0.1, 0.15) is 12.5 Å². The van der Waals surface area contributed by atoms with Crippen LogP contribution in [0.5, 0.6) is 5.75 Å². The molecule has 1 unspecified atom stereocenters. The van der Waals surface area contributed by atoms with E-state index in [0.29, 0.717) is 0 Å².